The molecule has 0 spiro atoms. The fourth-order valence-corrected chi connectivity index (χ4v) is 3.72. The molecule has 1 saturated carbocycles. The Hall–Kier alpha value is -0.240. The molecule has 0 aromatic heterocycles. The van der Waals surface area contributed by atoms with E-state index in [1.165, 1.54) is 0 Å². The first kappa shape index (κ1) is 16.1. The van der Waals surface area contributed by atoms with Crippen molar-refractivity contribution in [2.45, 2.75) is 75.7 Å². The molecular formula is C14H29N3O3. The van der Waals surface area contributed by atoms with E-state index in [2.05, 4.69) is 0 Å². The van der Waals surface area contributed by atoms with Gasteiger partial charge < -0.3 is 32.2 Å². The molecule has 1 unspecified atom stereocenters. The summed E-state index contributed by atoms with van der Waals surface area (Å²) in [6, 6.07) is -0.581. The highest BCUT2D eigenvalue weighted by atomic mass is 16.5. The van der Waals surface area contributed by atoms with Crippen molar-refractivity contribution < 1.29 is 14.9 Å². The predicted molar refractivity (Wildman–Crippen MR) is 76.8 cm³/mol. The summed E-state index contributed by atoms with van der Waals surface area (Å²) in [6.45, 7) is 3.95. The quantitative estimate of drug-likeness (QED) is 0.439. The minimum atomic E-state index is -0.914. The molecule has 0 bridgehead atoms. The molecule has 20 heavy (non-hydrogen) atoms. The molecule has 2 aliphatic rings. The van der Waals surface area contributed by atoms with Crippen molar-refractivity contribution in [1.29, 1.82) is 0 Å². The molecule has 0 radical (unpaired) electrons. The van der Waals surface area contributed by atoms with E-state index in [-0.39, 0.29) is 42.2 Å². The van der Waals surface area contributed by atoms with Gasteiger partial charge in [0.1, 0.15) is 0 Å². The summed E-state index contributed by atoms with van der Waals surface area (Å²) in [5.41, 5.74) is 18.0. The third kappa shape index (κ3) is 3.00. The summed E-state index contributed by atoms with van der Waals surface area (Å²) in [4.78, 5) is 0. The van der Waals surface area contributed by atoms with Crippen LogP contribution in [0.15, 0.2) is 0 Å². The Morgan fingerprint density at radius 3 is 2.35 bits per heavy atom. The smallest absolute Gasteiger partial charge is 0.0953 e. The fourth-order valence-electron chi connectivity index (χ4n) is 3.72. The molecule has 6 heteroatoms. The lowest BCUT2D eigenvalue weighted by Gasteiger charge is -2.48. The third-order valence-corrected chi connectivity index (χ3v) is 4.99. The highest BCUT2D eigenvalue weighted by Crippen LogP contribution is 2.37. The zero-order chi connectivity index (χ0) is 15.0. The molecule has 0 aromatic carbocycles. The number of hydrogen-bond donors (Lipinski definition) is 5. The topological polar surface area (TPSA) is 128 Å². The molecule has 1 saturated heterocycles. The average molecular weight is 287 g/mol. The predicted octanol–water partition coefficient (Wildman–Crippen LogP) is -1.09. The standard InChI is InChI=1S/C14H29N3O3/c1-6-5-9(17)12(18)13(19)11(6)14-8(16)3-4-10(20-14)7(2)15/h6-14,18-19H,3-5,15-17H2,1-2H3/t6-,7+,8+,9+,10-,11+,12-,13-,14?/m0/s1. The van der Waals surface area contributed by atoms with Crippen LogP contribution in [0.1, 0.15) is 33.1 Å². The molecule has 118 valence electrons. The van der Waals surface area contributed by atoms with Gasteiger partial charge in [0, 0.05) is 24.0 Å². The van der Waals surface area contributed by atoms with Crippen LogP contribution in [0.3, 0.4) is 0 Å². The van der Waals surface area contributed by atoms with Crippen LogP contribution in [0, 0.1) is 11.8 Å². The van der Waals surface area contributed by atoms with Crippen molar-refractivity contribution in [3.8, 4) is 0 Å². The summed E-state index contributed by atoms with van der Waals surface area (Å²) in [7, 11) is 0. The highest BCUT2D eigenvalue weighted by molar-refractivity contribution is 5.00. The molecule has 1 heterocycles. The first-order chi connectivity index (χ1) is 9.32. The van der Waals surface area contributed by atoms with Gasteiger partial charge in [-0.05, 0) is 32.1 Å². The summed E-state index contributed by atoms with van der Waals surface area (Å²) in [6.07, 6.45) is 0.222. The minimum Gasteiger partial charge on any atom is -0.390 e. The van der Waals surface area contributed by atoms with Gasteiger partial charge in [0.15, 0.2) is 0 Å². The van der Waals surface area contributed by atoms with Crippen molar-refractivity contribution in [3.63, 3.8) is 0 Å². The van der Waals surface area contributed by atoms with Gasteiger partial charge in [0.25, 0.3) is 0 Å². The monoisotopic (exact) mass is 287 g/mol. The van der Waals surface area contributed by atoms with Crippen LogP contribution in [0.4, 0.5) is 0 Å². The zero-order valence-corrected chi connectivity index (χ0v) is 12.4. The largest absolute Gasteiger partial charge is 0.390 e. The molecule has 1 aliphatic carbocycles. The molecule has 0 amide bonds. The number of hydrogen-bond acceptors (Lipinski definition) is 6. The van der Waals surface area contributed by atoms with Gasteiger partial charge in [-0.3, -0.25) is 0 Å². The summed E-state index contributed by atoms with van der Waals surface area (Å²) in [5, 5.41) is 20.4. The maximum absolute atomic E-state index is 10.4. The van der Waals surface area contributed by atoms with Gasteiger partial charge in [-0.2, -0.15) is 0 Å². The number of ether oxygens (including phenoxy) is 1. The average Bonchev–Trinajstić information content (AvgIpc) is 2.38. The van der Waals surface area contributed by atoms with Gasteiger partial charge in [-0.15, -0.1) is 0 Å². The Labute approximate surface area is 120 Å². The molecule has 1 aliphatic heterocycles. The zero-order valence-electron chi connectivity index (χ0n) is 12.4. The molecule has 0 aromatic rings. The van der Waals surface area contributed by atoms with Crippen molar-refractivity contribution in [2.75, 3.05) is 0 Å². The van der Waals surface area contributed by atoms with Crippen LogP contribution in [-0.4, -0.2) is 52.8 Å². The summed E-state index contributed by atoms with van der Waals surface area (Å²) in [5.74, 6) is -0.0346. The normalized spacial score (nSPS) is 51.8. The Balaban J connectivity index is 2.14. The van der Waals surface area contributed by atoms with E-state index in [9.17, 15) is 10.2 Å². The lowest BCUT2D eigenvalue weighted by Crippen LogP contribution is -2.62. The molecule has 2 rings (SSSR count). The van der Waals surface area contributed by atoms with Crippen molar-refractivity contribution >= 4 is 0 Å². The van der Waals surface area contributed by atoms with Gasteiger partial charge in [-0.25, -0.2) is 0 Å². The molecule has 8 N–H and O–H groups in total. The number of aliphatic hydroxyl groups excluding tert-OH is 2. The second-order valence-electron chi connectivity index (χ2n) is 6.67. The second-order valence-corrected chi connectivity index (χ2v) is 6.67. The van der Waals surface area contributed by atoms with Gasteiger partial charge in [0.2, 0.25) is 0 Å². The van der Waals surface area contributed by atoms with E-state index in [0.717, 1.165) is 12.8 Å². The van der Waals surface area contributed by atoms with Crippen LogP contribution >= 0.6 is 0 Å². The lowest BCUT2D eigenvalue weighted by molar-refractivity contribution is -0.165. The van der Waals surface area contributed by atoms with Crippen LogP contribution in [-0.2, 0) is 4.74 Å². The van der Waals surface area contributed by atoms with Gasteiger partial charge >= 0.3 is 0 Å². The van der Waals surface area contributed by atoms with Crippen LogP contribution in [0.5, 0.6) is 0 Å². The lowest BCUT2D eigenvalue weighted by atomic mass is 9.69. The van der Waals surface area contributed by atoms with E-state index >= 15 is 0 Å². The summed E-state index contributed by atoms with van der Waals surface area (Å²) >= 11 is 0. The van der Waals surface area contributed by atoms with Crippen LogP contribution in [0.2, 0.25) is 0 Å². The first-order valence-electron chi connectivity index (χ1n) is 7.61. The Morgan fingerprint density at radius 2 is 1.75 bits per heavy atom. The third-order valence-electron chi connectivity index (χ3n) is 4.99. The van der Waals surface area contributed by atoms with E-state index in [0.29, 0.717) is 6.42 Å². The van der Waals surface area contributed by atoms with E-state index in [4.69, 9.17) is 21.9 Å². The number of aliphatic hydroxyl groups is 2. The maximum Gasteiger partial charge on any atom is 0.0953 e. The van der Waals surface area contributed by atoms with E-state index in [1.807, 2.05) is 13.8 Å². The Bertz CT molecular complexity index is 329. The Kier molecular flexibility index (Phi) is 5.05. The van der Waals surface area contributed by atoms with Gasteiger partial charge in [-0.1, -0.05) is 6.92 Å². The van der Waals surface area contributed by atoms with Gasteiger partial charge in [0.05, 0.1) is 24.4 Å². The SMILES string of the molecule is C[C@@H](N)[C@@H]1CC[C@@H](N)C([C@H]2[C@H](O)[C@@H](O)[C@H](N)C[C@@H]2C)O1. The molecule has 2 fully saturated rings. The molecular weight excluding hydrogens is 258 g/mol. The van der Waals surface area contributed by atoms with Crippen molar-refractivity contribution in [1.82, 2.24) is 0 Å². The summed E-state index contributed by atoms with van der Waals surface area (Å²) < 4.78 is 6.06. The van der Waals surface area contributed by atoms with Crippen molar-refractivity contribution in [3.05, 3.63) is 0 Å². The first-order valence-corrected chi connectivity index (χ1v) is 7.61. The maximum atomic E-state index is 10.4. The molecule has 6 nitrogen and oxygen atoms in total. The Morgan fingerprint density at radius 1 is 1.10 bits per heavy atom. The second kappa shape index (κ2) is 6.25. The molecule has 9 atom stereocenters. The van der Waals surface area contributed by atoms with Crippen LogP contribution < -0.4 is 17.2 Å². The van der Waals surface area contributed by atoms with Crippen LogP contribution in [0.25, 0.3) is 0 Å². The van der Waals surface area contributed by atoms with E-state index < -0.39 is 12.2 Å². The number of rotatable bonds is 2. The fraction of sp³-hybridized carbons (Fsp3) is 1.00. The van der Waals surface area contributed by atoms with E-state index in [1.54, 1.807) is 0 Å². The number of nitrogens with two attached hydrogens (primary N) is 3. The minimum absolute atomic E-state index is 0.0352. The van der Waals surface area contributed by atoms with Crippen molar-refractivity contribution in [2.24, 2.45) is 29.0 Å². The highest BCUT2D eigenvalue weighted by Gasteiger charge is 2.47.